The second kappa shape index (κ2) is 6.63. The van der Waals surface area contributed by atoms with Gasteiger partial charge < -0.3 is 4.57 Å². The third-order valence-corrected chi connectivity index (χ3v) is 11.1. The summed E-state index contributed by atoms with van der Waals surface area (Å²) in [5.74, 6) is 3.98. The first-order valence-corrected chi connectivity index (χ1v) is 13.6. The van der Waals surface area contributed by atoms with Crippen molar-refractivity contribution in [3.8, 4) is 0 Å². The molecule has 0 aromatic carbocycles. The number of carbonyl (C=O) groups is 1. The molecular weight excluding hydrogens is 390 g/mol. The number of hydrogen-bond donors (Lipinski definition) is 0. The van der Waals surface area contributed by atoms with Crippen molar-refractivity contribution in [1.82, 2.24) is 4.57 Å². The molecule has 4 saturated carbocycles. The summed E-state index contributed by atoms with van der Waals surface area (Å²) in [5.41, 5.74) is 2.78. The van der Waals surface area contributed by atoms with Gasteiger partial charge in [-0.05, 0) is 82.6 Å². The lowest BCUT2D eigenvalue weighted by Crippen LogP contribution is -2.48. The summed E-state index contributed by atoms with van der Waals surface area (Å²) < 4.78 is 26.3. The Balaban J connectivity index is 1.31. The van der Waals surface area contributed by atoms with E-state index in [9.17, 15) is 13.2 Å². The van der Waals surface area contributed by atoms with Crippen LogP contribution in [0.2, 0.25) is 0 Å². The van der Waals surface area contributed by atoms with E-state index in [4.69, 9.17) is 0 Å². The van der Waals surface area contributed by atoms with E-state index in [0.29, 0.717) is 16.9 Å². The van der Waals surface area contributed by atoms with E-state index < -0.39 is 9.84 Å². The Hall–Kier alpha value is -0.750. The van der Waals surface area contributed by atoms with Crippen LogP contribution in [0.3, 0.4) is 0 Å². The monoisotopic (exact) mass is 421 g/mol. The van der Waals surface area contributed by atoms with E-state index in [1.165, 1.54) is 38.5 Å². The Morgan fingerprint density at radius 2 is 1.75 bits per heavy atom. The quantitative estimate of drug-likeness (QED) is 0.663. The van der Waals surface area contributed by atoms with Gasteiger partial charge in [0.1, 0.15) is 0 Å². The molecule has 6 rings (SSSR count). The summed E-state index contributed by atoms with van der Waals surface area (Å²) >= 11 is 1.94. The highest BCUT2D eigenvalue weighted by molar-refractivity contribution is 8.01. The summed E-state index contributed by atoms with van der Waals surface area (Å²) in [5, 5.41) is 0. The first kappa shape index (κ1) is 19.2. The first-order chi connectivity index (χ1) is 13.2. The Morgan fingerprint density at radius 3 is 2.29 bits per heavy atom. The van der Waals surface area contributed by atoms with Gasteiger partial charge in [-0.3, -0.25) is 4.79 Å². The third kappa shape index (κ3) is 3.28. The highest BCUT2D eigenvalue weighted by Crippen LogP contribution is 2.60. The second-order valence-corrected chi connectivity index (χ2v) is 13.7. The molecule has 28 heavy (non-hydrogen) atoms. The van der Waals surface area contributed by atoms with Crippen molar-refractivity contribution in [2.24, 2.45) is 17.8 Å². The number of aromatic nitrogens is 1. The van der Waals surface area contributed by atoms with Crippen molar-refractivity contribution >= 4 is 27.4 Å². The van der Waals surface area contributed by atoms with Crippen LogP contribution < -0.4 is 0 Å². The van der Waals surface area contributed by atoms with Gasteiger partial charge >= 0.3 is 0 Å². The average Bonchev–Trinajstić information content (AvgIpc) is 3.10. The molecule has 0 unspecified atom stereocenters. The fourth-order valence-corrected chi connectivity index (χ4v) is 10.5. The zero-order valence-electron chi connectivity index (χ0n) is 16.9. The fourth-order valence-electron chi connectivity index (χ4n) is 7.10. The number of rotatable bonds is 5. The minimum absolute atomic E-state index is 0.0117. The molecule has 1 aliphatic heterocycles. The van der Waals surface area contributed by atoms with Crippen LogP contribution in [0.1, 0.15) is 72.7 Å². The molecule has 1 aromatic heterocycles. The highest BCUT2D eigenvalue weighted by Gasteiger charge is 2.51. The number of ketones is 1. The summed E-state index contributed by atoms with van der Waals surface area (Å²) in [4.78, 5) is 13.1. The molecule has 2 heterocycles. The normalized spacial score (nSPS) is 38.2. The molecule has 1 aromatic rings. The van der Waals surface area contributed by atoms with Crippen LogP contribution >= 0.6 is 11.8 Å². The van der Waals surface area contributed by atoms with Crippen LogP contribution in [0, 0.1) is 31.6 Å². The van der Waals surface area contributed by atoms with Gasteiger partial charge in [-0.25, -0.2) is 8.42 Å². The van der Waals surface area contributed by atoms with E-state index in [2.05, 4.69) is 4.57 Å². The van der Waals surface area contributed by atoms with Gasteiger partial charge in [0.05, 0.1) is 17.3 Å². The van der Waals surface area contributed by atoms with Crippen molar-refractivity contribution in [2.75, 3.05) is 17.3 Å². The number of carbonyl (C=O) groups excluding carboxylic acids is 1. The van der Waals surface area contributed by atoms with E-state index in [1.54, 1.807) is 0 Å². The minimum atomic E-state index is -2.93. The van der Waals surface area contributed by atoms with E-state index in [-0.39, 0.29) is 23.3 Å². The molecule has 154 valence electrons. The zero-order chi connectivity index (χ0) is 19.7. The molecular formula is C22H31NO3S2. The van der Waals surface area contributed by atoms with Crippen molar-refractivity contribution in [3.63, 3.8) is 0 Å². The Labute approximate surface area is 172 Å². The maximum Gasteiger partial charge on any atom is 0.174 e. The highest BCUT2D eigenvalue weighted by atomic mass is 32.2. The standard InChI is InChI=1S/C22H31NO3S2/c1-14-5-20(15(2)23(14)19-3-4-28(25,26)13-19)21(24)12-27-22-9-16-6-17(10-22)8-18(7-16)11-22/h5,16-19H,3-4,6-13H2,1-2H3/t16?,17?,18?,19-,22?/m1/s1. The molecule has 4 bridgehead atoms. The lowest BCUT2D eigenvalue weighted by molar-refractivity contribution is 0.0383. The van der Waals surface area contributed by atoms with Gasteiger partial charge in [0.2, 0.25) is 0 Å². The van der Waals surface area contributed by atoms with E-state index >= 15 is 0 Å². The first-order valence-electron chi connectivity index (χ1n) is 10.8. The number of nitrogens with zero attached hydrogens (tertiary/aromatic N) is 1. The van der Waals surface area contributed by atoms with Gasteiger partial charge in [0.25, 0.3) is 0 Å². The molecule has 1 saturated heterocycles. The number of sulfone groups is 1. The summed E-state index contributed by atoms with van der Waals surface area (Å²) in [6.45, 7) is 3.99. The van der Waals surface area contributed by atoms with Gasteiger partial charge in [-0.1, -0.05) is 0 Å². The Bertz CT molecular complexity index is 879. The molecule has 0 N–H and O–H groups in total. The average molecular weight is 422 g/mol. The van der Waals surface area contributed by atoms with Crippen molar-refractivity contribution in [1.29, 1.82) is 0 Å². The van der Waals surface area contributed by atoms with Crippen LogP contribution in [0.4, 0.5) is 0 Å². The molecule has 5 fully saturated rings. The molecule has 4 nitrogen and oxygen atoms in total. The summed E-state index contributed by atoms with van der Waals surface area (Å²) in [6, 6.07) is 1.98. The van der Waals surface area contributed by atoms with Crippen LogP contribution in [0.25, 0.3) is 0 Å². The predicted octanol–water partition coefficient (Wildman–Crippen LogP) is 4.35. The van der Waals surface area contributed by atoms with Gasteiger partial charge in [0.15, 0.2) is 15.6 Å². The lowest BCUT2D eigenvalue weighted by atomic mass is 9.56. The predicted molar refractivity (Wildman–Crippen MR) is 114 cm³/mol. The summed E-state index contributed by atoms with van der Waals surface area (Å²) in [6.07, 6.45) is 8.90. The zero-order valence-corrected chi connectivity index (χ0v) is 18.6. The maximum absolute atomic E-state index is 13.1. The summed E-state index contributed by atoms with van der Waals surface area (Å²) in [7, 11) is -2.93. The molecule has 6 heteroatoms. The number of hydrogen-bond acceptors (Lipinski definition) is 4. The fraction of sp³-hybridized carbons (Fsp3) is 0.773. The topological polar surface area (TPSA) is 56.1 Å². The van der Waals surface area contributed by atoms with E-state index in [0.717, 1.165) is 34.7 Å². The van der Waals surface area contributed by atoms with Crippen molar-refractivity contribution in [2.45, 2.75) is 69.6 Å². The molecule has 4 aliphatic carbocycles. The minimum Gasteiger partial charge on any atom is -0.344 e. The Kier molecular flexibility index (Phi) is 4.55. The van der Waals surface area contributed by atoms with Gasteiger partial charge in [0, 0.05) is 27.7 Å². The number of aryl methyl sites for hydroxylation is 1. The largest absolute Gasteiger partial charge is 0.344 e. The van der Waals surface area contributed by atoms with Crippen LogP contribution in [-0.2, 0) is 9.84 Å². The van der Waals surface area contributed by atoms with Gasteiger partial charge in [-0.2, -0.15) is 0 Å². The van der Waals surface area contributed by atoms with Crippen LogP contribution in [-0.4, -0.2) is 40.8 Å². The van der Waals surface area contributed by atoms with Crippen LogP contribution in [0.5, 0.6) is 0 Å². The smallest absolute Gasteiger partial charge is 0.174 e. The molecule has 5 aliphatic rings. The van der Waals surface area contributed by atoms with E-state index in [1.807, 2.05) is 31.7 Å². The Morgan fingerprint density at radius 1 is 1.14 bits per heavy atom. The molecule has 0 spiro atoms. The van der Waals surface area contributed by atoms with Crippen molar-refractivity contribution in [3.05, 3.63) is 23.0 Å². The SMILES string of the molecule is Cc1cc(C(=O)CSC23CC4CC(CC(C4)C2)C3)c(C)n1[C@@H]1CCS(=O)(=O)C1. The van der Waals surface area contributed by atoms with Crippen LogP contribution in [0.15, 0.2) is 6.07 Å². The van der Waals surface area contributed by atoms with Gasteiger partial charge in [-0.15, -0.1) is 11.8 Å². The number of thioether (sulfide) groups is 1. The third-order valence-electron chi connectivity index (χ3n) is 7.85. The maximum atomic E-state index is 13.1. The molecule has 0 amide bonds. The molecule has 0 radical (unpaired) electrons. The molecule has 1 atom stereocenters. The van der Waals surface area contributed by atoms with Crippen molar-refractivity contribution < 1.29 is 13.2 Å². The lowest BCUT2D eigenvalue weighted by Gasteiger charge is -2.56. The number of Topliss-reactive ketones (excluding diaryl/α,β-unsaturated/α-hetero) is 1. The second-order valence-electron chi connectivity index (χ2n) is 10.0.